The van der Waals surface area contributed by atoms with Crippen molar-refractivity contribution in [2.75, 3.05) is 13.1 Å². The molecule has 28 heavy (non-hydrogen) atoms. The number of alkyl halides is 3. The van der Waals surface area contributed by atoms with Crippen molar-refractivity contribution >= 4 is 5.97 Å². The number of fused-ring (bicyclic) bond motifs is 1. The van der Waals surface area contributed by atoms with Crippen LogP contribution < -0.4 is 0 Å². The summed E-state index contributed by atoms with van der Waals surface area (Å²) in [6.45, 7) is 7.24. The molecule has 1 aliphatic rings. The number of pyridine rings is 1. The SMILES string of the molecule is CCc1ncnc2c1CCN(Cc1cccc(C)n1)CC2.O=C(O)C(F)(F)F. The molecule has 0 unspecified atom stereocenters. The van der Waals surface area contributed by atoms with Crippen LogP contribution >= 0.6 is 0 Å². The number of carbonyl (C=O) groups is 1. The van der Waals surface area contributed by atoms with Gasteiger partial charge < -0.3 is 5.11 Å². The van der Waals surface area contributed by atoms with Gasteiger partial charge in [-0.1, -0.05) is 13.0 Å². The summed E-state index contributed by atoms with van der Waals surface area (Å²) in [4.78, 5) is 24.9. The zero-order valence-electron chi connectivity index (χ0n) is 15.8. The third-order valence-corrected chi connectivity index (χ3v) is 4.38. The van der Waals surface area contributed by atoms with Gasteiger partial charge in [0.25, 0.3) is 0 Å². The molecule has 0 aliphatic carbocycles. The van der Waals surface area contributed by atoms with Crippen molar-refractivity contribution in [3.8, 4) is 0 Å². The van der Waals surface area contributed by atoms with E-state index in [-0.39, 0.29) is 0 Å². The molecule has 3 heterocycles. The predicted octanol–water partition coefficient (Wildman–Crippen LogP) is 2.98. The van der Waals surface area contributed by atoms with Crippen LogP contribution in [0.1, 0.15) is 35.3 Å². The van der Waals surface area contributed by atoms with Gasteiger partial charge in [-0.15, -0.1) is 0 Å². The first-order chi connectivity index (χ1) is 13.2. The largest absolute Gasteiger partial charge is 0.490 e. The molecule has 0 saturated carbocycles. The Hall–Kier alpha value is -2.55. The van der Waals surface area contributed by atoms with Crippen molar-refractivity contribution in [3.63, 3.8) is 0 Å². The first-order valence-electron chi connectivity index (χ1n) is 8.97. The Morgan fingerprint density at radius 1 is 1.21 bits per heavy atom. The van der Waals surface area contributed by atoms with E-state index in [9.17, 15) is 13.2 Å². The first kappa shape index (κ1) is 21.7. The number of nitrogens with zero attached hydrogens (tertiary/aromatic N) is 4. The van der Waals surface area contributed by atoms with Gasteiger partial charge in [0.1, 0.15) is 6.33 Å². The summed E-state index contributed by atoms with van der Waals surface area (Å²) < 4.78 is 31.7. The highest BCUT2D eigenvalue weighted by Gasteiger charge is 2.38. The second-order valence-corrected chi connectivity index (χ2v) is 6.45. The van der Waals surface area contributed by atoms with Gasteiger partial charge in [-0.05, 0) is 37.5 Å². The van der Waals surface area contributed by atoms with Gasteiger partial charge in [0.15, 0.2) is 0 Å². The molecule has 1 aliphatic heterocycles. The highest BCUT2D eigenvalue weighted by molar-refractivity contribution is 5.73. The van der Waals surface area contributed by atoms with Gasteiger partial charge in [0, 0.05) is 43.1 Å². The monoisotopic (exact) mass is 396 g/mol. The van der Waals surface area contributed by atoms with Crippen molar-refractivity contribution < 1.29 is 23.1 Å². The van der Waals surface area contributed by atoms with E-state index in [1.54, 1.807) is 6.33 Å². The molecule has 0 saturated heterocycles. The predicted molar refractivity (Wildman–Crippen MR) is 96.8 cm³/mol. The summed E-state index contributed by atoms with van der Waals surface area (Å²) in [5.74, 6) is -2.76. The quantitative estimate of drug-likeness (QED) is 0.859. The van der Waals surface area contributed by atoms with E-state index >= 15 is 0 Å². The molecule has 6 nitrogen and oxygen atoms in total. The van der Waals surface area contributed by atoms with Crippen LogP contribution in [0.5, 0.6) is 0 Å². The van der Waals surface area contributed by atoms with Crippen LogP contribution in [0, 0.1) is 6.92 Å². The molecular weight excluding hydrogens is 373 g/mol. The summed E-state index contributed by atoms with van der Waals surface area (Å²) in [6.07, 6.45) is -0.318. The molecule has 9 heteroatoms. The molecule has 152 valence electrons. The standard InChI is InChI=1S/C17H22N4.C2HF3O2/c1-3-16-15-7-9-21(10-8-17(15)19-12-18-16)11-14-6-4-5-13(2)20-14;3-2(4,5)1(6)7/h4-6,12H,3,7-11H2,1-2H3;(H,6,7). The summed E-state index contributed by atoms with van der Waals surface area (Å²) in [7, 11) is 0. The molecule has 0 spiro atoms. The van der Waals surface area contributed by atoms with E-state index in [0.717, 1.165) is 50.3 Å². The molecular formula is C19H23F3N4O2. The first-order valence-corrected chi connectivity index (χ1v) is 8.97. The maximum absolute atomic E-state index is 10.6. The zero-order chi connectivity index (χ0) is 20.7. The maximum atomic E-state index is 10.6. The maximum Gasteiger partial charge on any atom is 0.490 e. The van der Waals surface area contributed by atoms with Crippen LogP contribution in [-0.2, 0) is 30.6 Å². The molecule has 0 aromatic carbocycles. The molecule has 0 radical (unpaired) electrons. The average Bonchev–Trinajstić information content (AvgIpc) is 2.84. The van der Waals surface area contributed by atoms with E-state index in [1.807, 2.05) is 13.0 Å². The molecule has 1 N–H and O–H groups in total. The van der Waals surface area contributed by atoms with Gasteiger partial charge in [0.05, 0.1) is 5.69 Å². The highest BCUT2D eigenvalue weighted by Crippen LogP contribution is 2.18. The second-order valence-electron chi connectivity index (χ2n) is 6.45. The minimum Gasteiger partial charge on any atom is -0.475 e. The summed E-state index contributed by atoms with van der Waals surface area (Å²) in [5.41, 5.74) is 6.07. The minimum absolute atomic E-state index is 0.921. The highest BCUT2D eigenvalue weighted by atomic mass is 19.4. The number of carboxylic acid groups (broad SMARTS) is 1. The van der Waals surface area contributed by atoms with Crippen LogP contribution in [0.3, 0.4) is 0 Å². The smallest absolute Gasteiger partial charge is 0.475 e. The molecule has 3 rings (SSSR count). The fourth-order valence-electron chi connectivity index (χ4n) is 3.02. The van der Waals surface area contributed by atoms with Crippen LogP contribution in [0.2, 0.25) is 0 Å². The summed E-state index contributed by atoms with van der Waals surface area (Å²) >= 11 is 0. The lowest BCUT2D eigenvalue weighted by Crippen LogP contribution is -2.26. The Kier molecular flexibility index (Phi) is 7.45. The average molecular weight is 396 g/mol. The van der Waals surface area contributed by atoms with Crippen molar-refractivity contribution in [2.24, 2.45) is 0 Å². The Morgan fingerprint density at radius 2 is 1.89 bits per heavy atom. The molecule has 0 amide bonds. The Bertz CT molecular complexity index is 812. The van der Waals surface area contributed by atoms with E-state index in [2.05, 4.69) is 38.9 Å². The van der Waals surface area contributed by atoms with Crippen molar-refractivity contribution in [1.82, 2.24) is 19.9 Å². The molecule has 0 atom stereocenters. The van der Waals surface area contributed by atoms with Crippen molar-refractivity contribution in [3.05, 3.63) is 52.9 Å². The Balaban J connectivity index is 0.000000345. The summed E-state index contributed by atoms with van der Waals surface area (Å²) in [6, 6.07) is 6.25. The van der Waals surface area contributed by atoms with E-state index in [4.69, 9.17) is 9.90 Å². The molecule has 0 bridgehead atoms. The van der Waals surface area contributed by atoms with Crippen LogP contribution in [0.25, 0.3) is 0 Å². The van der Waals surface area contributed by atoms with Crippen LogP contribution in [-0.4, -0.2) is 50.2 Å². The molecule has 2 aromatic rings. The van der Waals surface area contributed by atoms with E-state index < -0.39 is 12.1 Å². The molecule has 2 aromatic heterocycles. The minimum atomic E-state index is -5.08. The topological polar surface area (TPSA) is 79.2 Å². The van der Waals surface area contributed by atoms with Gasteiger partial charge >= 0.3 is 12.1 Å². The van der Waals surface area contributed by atoms with Crippen molar-refractivity contribution in [2.45, 2.75) is 45.8 Å². The van der Waals surface area contributed by atoms with Crippen LogP contribution in [0.15, 0.2) is 24.5 Å². The normalized spacial score (nSPS) is 14.5. The number of hydrogen-bond donors (Lipinski definition) is 1. The van der Waals surface area contributed by atoms with Gasteiger partial charge in [-0.3, -0.25) is 9.88 Å². The Labute approximate surface area is 161 Å². The lowest BCUT2D eigenvalue weighted by atomic mass is 10.1. The van der Waals surface area contributed by atoms with Gasteiger partial charge in [0.2, 0.25) is 0 Å². The number of hydrogen-bond acceptors (Lipinski definition) is 5. The Morgan fingerprint density at radius 3 is 2.50 bits per heavy atom. The number of aryl methyl sites for hydroxylation is 2. The lowest BCUT2D eigenvalue weighted by Gasteiger charge is -2.19. The zero-order valence-corrected chi connectivity index (χ0v) is 15.8. The van der Waals surface area contributed by atoms with Crippen LogP contribution in [0.4, 0.5) is 13.2 Å². The van der Waals surface area contributed by atoms with Gasteiger partial charge in [-0.2, -0.15) is 13.2 Å². The summed E-state index contributed by atoms with van der Waals surface area (Å²) in [5, 5.41) is 7.12. The third kappa shape index (κ3) is 6.26. The van der Waals surface area contributed by atoms with Gasteiger partial charge in [-0.25, -0.2) is 14.8 Å². The number of aliphatic carboxylic acids is 1. The number of rotatable bonds is 3. The fraction of sp³-hybridized carbons (Fsp3) is 0.474. The molecule has 0 fully saturated rings. The third-order valence-electron chi connectivity index (χ3n) is 4.38. The van der Waals surface area contributed by atoms with E-state index in [1.165, 1.54) is 17.0 Å². The lowest BCUT2D eigenvalue weighted by molar-refractivity contribution is -0.192. The van der Waals surface area contributed by atoms with E-state index in [0.29, 0.717) is 0 Å². The fourth-order valence-corrected chi connectivity index (χ4v) is 3.02. The number of carboxylic acids is 1. The second kappa shape index (κ2) is 9.59. The number of aromatic nitrogens is 3. The number of halogens is 3. The van der Waals surface area contributed by atoms with Crippen molar-refractivity contribution in [1.29, 1.82) is 0 Å².